The van der Waals surface area contributed by atoms with E-state index in [2.05, 4.69) is 52.4 Å². The molecule has 1 N–H and O–H groups in total. The SMILES string of the molecule is CCNC(=NCC1CCCO1)N1CC2OCCN(Cc3ccccc3)C2C1. The average Bonchev–Trinajstić information content (AvgIpc) is 3.36. The van der Waals surface area contributed by atoms with Gasteiger partial charge < -0.3 is 19.7 Å². The zero-order valence-electron chi connectivity index (χ0n) is 16.3. The number of nitrogens with one attached hydrogen (secondary N) is 1. The number of hydrogen-bond donors (Lipinski definition) is 1. The van der Waals surface area contributed by atoms with E-state index in [0.717, 1.165) is 71.3 Å². The molecule has 3 heterocycles. The van der Waals surface area contributed by atoms with Crippen molar-refractivity contribution in [3.05, 3.63) is 35.9 Å². The molecule has 0 bridgehead atoms. The fraction of sp³-hybridized carbons (Fsp3) is 0.667. The van der Waals surface area contributed by atoms with Crippen LogP contribution >= 0.6 is 0 Å². The van der Waals surface area contributed by atoms with Crippen LogP contribution in [0.5, 0.6) is 0 Å². The molecule has 3 saturated heterocycles. The second kappa shape index (κ2) is 9.04. The fourth-order valence-electron chi connectivity index (χ4n) is 4.35. The van der Waals surface area contributed by atoms with Gasteiger partial charge in [-0.2, -0.15) is 0 Å². The van der Waals surface area contributed by atoms with Crippen LogP contribution in [0.4, 0.5) is 0 Å². The van der Waals surface area contributed by atoms with Crippen LogP contribution in [0.15, 0.2) is 35.3 Å². The molecule has 3 fully saturated rings. The number of rotatable bonds is 5. The van der Waals surface area contributed by atoms with Crippen LogP contribution in [0, 0.1) is 0 Å². The summed E-state index contributed by atoms with van der Waals surface area (Å²) in [6.45, 7) is 9.31. The Hall–Kier alpha value is -1.63. The number of fused-ring (bicyclic) bond motifs is 1. The second-order valence-corrected chi connectivity index (χ2v) is 7.67. The van der Waals surface area contributed by atoms with E-state index >= 15 is 0 Å². The van der Waals surface area contributed by atoms with Gasteiger partial charge in [-0.3, -0.25) is 9.89 Å². The Morgan fingerprint density at radius 3 is 2.85 bits per heavy atom. The highest BCUT2D eigenvalue weighted by atomic mass is 16.5. The molecule has 1 aromatic rings. The maximum absolute atomic E-state index is 6.12. The van der Waals surface area contributed by atoms with Crippen molar-refractivity contribution in [1.82, 2.24) is 15.1 Å². The summed E-state index contributed by atoms with van der Waals surface area (Å²) in [6.07, 6.45) is 2.83. The Bertz CT molecular complexity index is 618. The van der Waals surface area contributed by atoms with Crippen molar-refractivity contribution in [2.45, 2.75) is 44.6 Å². The van der Waals surface area contributed by atoms with Gasteiger partial charge in [0.25, 0.3) is 0 Å². The van der Waals surface area contributed by atoms with Gasteiger partial charge in [-0.1, -0.05) is 30.3 Å². The molecule has 6 heteroatoms. The molecular formula is C21H32N4O2. The van der Waals surface area contributed by atoms with Gasteiger partial charge in [0.1, 0.15) is 0 Å². The number of ether oxygens (including phenoxy) is 2. The number of hydrogen-bond acceptors (Lipinski definition) is 4. The van der Waals surface area contributed by atoms with E-state index in [9.17, 15) is 0 Å². The molecule has 0 spiro atoms. The number of guanidine groups is 1. The molecule has 3 aliphatic heterocycles. The lowest BCUT2D eigenvalue weighted by molar-refractivity contribution is -0.0502. The summed E-state index contributed by atoms with van der Waals surface area (Å²) in [5.74, 6) is 1.01. The summed E-state index contributed by atoms with van der Waals surface area (Å²) in [7, 11) is 0. The molecule has 0 saturated carbocycles. The fourth-order valence-corrected chi connectivity index (χ4v) is 4.35. The number of aliphatic imine (C=N–C) groups is 1. The molecule has 4 rings (SSSR count). The van der Waals surface area contributed by atoms with Crippen LogP contribution in [0.25, 0.3) is 0 Å². The van der Waals surface area contributed by atoms with Crippen LogP contribution in [-0.4, -0.2) is 79.9 Å². The second-order valence-electron chi connectivity index (χ2n) is 7.67. The third kappa shape index (κ3) is 4.62. The monoisotopic (exact) mass is 372 g/mol. The topological polar surface area (TPSA) is 49.3 Å². The van der Waals surface area contributed by atoms with E-state index in [4.69, 9.17) is 14.5 Å². The van der Waals surface area contributed by atoms with E-state index in [1.165, 1.54) is 5.56 Å². The minimum atomic E-state index is 0.258. The first-order valence-corrected chi connectivity index (χ1v) is 10.4. The summed E-state index contributed by atoms with van der Waals surface area (Å²) in [4.78, 5) is 9.83. The van der Waals surface area contributed by atoms with Gasteiger partial charge in [0.05, 0.1) is 31.4 Å². The average molecular weight is 373 g/mol. The summed E-state index contributed by atoms with van der Waals surface area (Å²) >= 11 is 0. The summed E-state index contributed by atoms with van der Waals surface area (Å²) in [5.41, 5.74) is 1.37. The molecule has 1 aromatic carbocycles. The standard InChI is InChI=1S/C21H32N4O2/c1-2-22-21(23-13-18-9-6-11-26-18)25-15-19-20(16-25)27-12-10-24(19)14-17-7-4-3-5-8-17/h3-5,7-8,18-20H,2,6,9-16H2,1H3,(H,22,23). The molecule has 3 atom stereocenters. The number of morpholine rings is 1. The lowest BCUT2D eigenvalue weighted by Gasteiger charge is -2.36. The van der Waals surface area contributed by atoms with Gasteiger partial charge in [0, 0.05) is 39.3 Å². The van der Waals surface area contributed by atoms with Crippen molar-refractivity contribution in [1.29, 1.82) is 0 Å². The van der Waals surface area contributed by atoms with Crippen LogP contribution in [0.3, 0.4) is 0 Å². The maximum Gasteiger partial charge on any atom is 0.194 e. The van der Waals surface area contributed by atoms with E-state index in [-0.39, 0.29) is 12.2 Å². The largest absolute Gasteiger partial charge is 0.376 e. The maximum atomic E-state index is 6.12. The Labute approximate surface area is 162 Å². The summed E-state index contributed by atoms with van der Waals surface area (Å²) < 4.78 is 11.9. The van der Waals surface area contributed by atoms with Crippen molar-refractivity contribution in [3.8, 4) is 0 Å². The normalized spacial score (nSPS) is 29.1. The van der Waals surface area contributed by atoms with E-state index < -0.39 is 0 Å². The molecule has 6 nitrogen and oxygen atoms in total. The summed E-state index contributed by atoms with van der Waals surface area (Å²) in [6, 6.07) is 11.2. The molecular weight excluding hydrogens is 340 g/mol. The van der Waals surface area contributed by atoms with Crippen molar-refractivity contribution in [2.24, 2.45) is 4.99 Å². The lowest BCUT2D eigenvalue weighted by atomic mass is 10.1. The predicted molar refractivity (Wildman–Crippen MR) is 107 cm³/mol. The Morgan fingerprint density at radius 2 is 2.07 bits per heavy atom. The first-order chi connectivity index (χ1) is 13.3. The minimum Gasteiger partial charge on any atom is -0.376 e. The Morgan fingerprint density at radius 1 is 1.19 bits per heavy atom. The smallest absolute Gasteiger partial charge is 0.194 e. The van der Waals surface area contributed by atoms with Crippen molar-refractivity contribution >= 4 is 5.96 Å². The quantitative estimate of drug-likeness (QED) is 0.630. The van der Waals surface area contributed by atoms with E-state index in [1.807, 2.05) is 0 Å². The molecule has 0 radical (unpaired) electrons. The Balaban J connectivity index is 1.41. The van der Waals surface area contributed by atoms with Gasteiger partial charge in [0.15, 0.2) is 5.96 Å². The first kappa shape index (κ1) is 18.7. The van der Waals surface area contributed by atoms with Gasteiger partial charge in [0.2, 0.25) is 0 Å². The highest BCUT2D eigenvalue weighted by molar-refractivity contribution is 5.80. The number of likely N-dealkylation sites (tertiary alicyclic amines) is 1. The van der Waals surface area contributed by atoms with Crippen LogP contribution in [0.1, 0.15) is 25.3 Å². The molecule has 148 valence electrons. The van der Waals surface area contributed by atoms with Crippen molar-refractivity contribution in [2.75, 3.05) is 45.9 Å². The molecule has 0 amide bonds. The van der Waals surface area contributed by atoms with Crippen molar-refractivity contribution in [3.63, 3.8) is 0 Å². The highest BCUT2D eigenvalue weighted by Gasteiger charge is 2.41. The third-order valence-corrected chi connectivity index (χ3v) is 5.75. The van der Waals surface area contributed by atoms with Crippen LogP contribution < -0.4 is 5.32 Å². The van der Waals surface area contributed by atoms with E-state index in [0.29, 0.717) is 6.04 Å². The molecule has 3 unspecified atom stereocenters. The van der Waals surface area contributed by atoms with Gasteiger partial charge in [-0.25, -0.2) is 0 Å². The zero-order valence-corrected chi connectivity index (χ0v) is 16.3. The van der Waals surface area contributed by atoms with Crippen molar-refractivity contribution < 1.29 is 9.47 Å². The zero-order chi connectivity index (χ0) is 18.5. The Kier molecular flexibility index (Phi) is 6.27. The molecule has 27 heavy (non-hydrogen) atoms. The van der Waals surface area contributed by atoms with Crippen LogP contribution in [-0.2, 0) is 16.0 Å². The van der Waals surface area contributed by atoms with Gasteiger partial charge in [-0.15, -0.1) is 0 Å². The molecule has 0 aliphatic carbocycles. The molecule has 0 aromatic heterocycles. The number of nitrogens with zero attached hydrogens (tertiary/aromatic N) is 3. The van der Waals surface area contributed by atoms with E-state index in [1.54, 1.807) is 0 Å². The van der Waals surface area contributed by atoms with Crippen LogP contribution in [0.2, 0.25) is 0 Å². The third-order valence-electron chi connectivity index (χ3n) is 5.75. The highest BCUT2D eigenvalue weighted by Crippen LogP contribution is 2.25. The van der Waals surface area contributed by atoms with Gasteiger partial charge >= 0.3 is 0 Å². The predicted octanol–water partition coefficient (Wildman–Crippen LogP) is 1.72. The number of benzene rings is 1. The van der Waals surface area contributed by atoms with Gasteiger partial charge in [-0.05, 0) is 25.3 Å². The lowest BCUT2D eigenvalue weighted by Crippen LogP contribution is -2.50. The first-order valence-electron chi connectivity index (χ1n) is 10.4. The molecule has 3 aliphatic rings. The minimum absolute atomic E-state index is 0.258. The summed E-state index contributed by atoms with van der Waals surface area (Å²) in [5, 5.41) is 3.47.